The highest BCUT2D eigenvalue weighted by Gasteiger charge is 2.34. The molecule has 2 aromatic heterocycles. The van der Waals surface area contributed by atoms with Crippen LogP contribution < -0.4 is 33.2 Å². The Hall–Kier alpha value is -13.3. The minimum atomic E-state index is -0.734. The fourth-order valence-corrected chi connectivity index (χ4v) is 14.2. The maximum atomic E-state index is 13.6. The molecule has 4 aliphatic heterocycles. The number of benzene rings is 4. The number of carbonyl (C=O) groups is 14. The van der Waals surface area contributed by atoms with Gasteiger partial charge in [-0.1, -0.05) is 113 Å². The summed E-state index contributed by atoms with van der Waals surface area (Å²) in [5.41, 5.74) is 28.6. The number of hydrogen-bond acceptors (Lipinski definition) is 21. The quantitative estimate of drug-likeness (QED) is 0.0154. The van der Waals surface area contributed by atoms with Gasteiger partial charge in [0.15, 0.2) is 5.78 Å². The Morgan fingerprint density at radius 1 is 0.484 bits per heavy atom. The van der Waals surface area contributed by atoms with Crippen molar-refractivity contribution in [1.82, 2.24) is 39.9 Å². The molecule has 640 valence electrons. The maximum Gasteiger partial charge on any atom is 0.333 e. The molecular formula is C93H108N14O15. The van der Waals surface area contributed by atoms with E-state index in [9.17, 15) is 67.1 Å². The molecule has 29 heteroatoms. The lowest BCUT2D eigenvalue weighted by molar-refractivity contribution is -0.197. The van der Waals surface area contributed by atoms with E-state index in [2.05, 4.69) is 44.8 Å². The number of aryl methyl sites for hydroxylation is 2. The van der Waals surface area contributed by atoms with Gasteiger partial charge in [0.1, 0.15) is 11.6 Å². The number of aromatic nitrogens is 2. The average molecular weight is 1660 g/mol. The zero-order chi connectivity index (χ0) is 87.6. The Morgan fingerprint density at radius 3 is 1.47 bits per heavy atom. The molecule has 0 radical (unpaired) electrons. The lowest BCUT2D eigenvalue weighted by Gasteiger charge is -2.23. The standard InChI is InChI=1S/C44H51N7O6.C35H41N5O3.C14H16N2O6/c1-3-20-50(21-4-2)44(57)34-25-32-15-16-33(26-36(32)48-39(45)27-34)43(56)47-35-23-31(28-46-29-35)14-17-38(52)37(24-30-11-7-5-8-12-30)49-40(53)13-9-6-10-22-51-41(54)18-19-42(51)55;1-3-14-40(15-4-2)35(43)29-18-26-11-12-27(19-28(26)20-30(36)21-29)34(42)39-31-16-25(22-38-23-31)10-13-33(41)32(37)17-24-8-6-5-7-9-24;17-10-5-6-11(18)15(10)9-3-1-2-4-14(21)22-16-12(19)7-8-13(16)20/h5,7-8,11-12,15-16,18-19,23,25-26,28-29,37H,3-4,6,9-10,13-14,17,20-22,24,27H2,1-2H3,(H2,45,48)(H,47,56)(H,49,53);5-9,11-12,16,18-20,22-23,32H,3-4,10,13-15,17,21,36-37H2,1-2H3,(H,39,42);5-6H,1-4,7-9H2/t37-;;/m0../s1. The second-order valence-electron chi connectivity index (χ2n) is 30.3. The number of Topliss-reactive ketones (excluding diaryl/α,β-unsaturated/α-hetero) is 2. The fraction of sp³-hybridized carbons (Fsp3) is 0.366. The number of hydrogen-bond donors (Lipinski definition) is 6. The number of pyridine rings is 2. The first-order valence-electron chi connectivity index (χ1n) is 41.7. The number of fused-ring (bicyclic) bond motifs is 2. The Bertz CT molecular complexity index is 4970. The summed E-state index contributed by atoms with van der Waals surface area (Å²) in [6, 6.07) is 31.9. The van der Waals surface area contributed by atoms with Crippen LogP contribution in [-0.4, -0.2) is 174 Å². The molecule has 6 aromatic rings. The summed E-state index contributed by atoms with van der Waals surface area (Å²) in [4.78, 5) is 196. The summed E-state index contributed by atoms with van der Waals surface area (Å²) < 4.78 is 0. The van der Waals surface area contributed by atoms with Crippen LogP contribution in [0.2, 0.25) is 0 Å². The SMILES string of the molecule is CCCN(CCC)C(=O)C1=Cc2ccc(C(=O)Nc3cncc(CCC(=O)C(N)Cc4ccccc4)c3)cc2C=C(N)C1.CCCN(CCC)C(=O)C1=Cc2ccc(C(=O)Nc3cncc(CCC(=O)[C@H](Cc4ccccc4)NC(=O)CCCCCN4C(=O)C=CC4=O)c3)cc2N=C(N)C1.O=C(CCCCCN1C(=O)C=CC1=O)ON1C(=O)CCC1=O. The Balaban J connectivity index is 0.000000228. The number of amidine groups is 1. The zero-order valence-electron chi connectivity index (χ0n) is 69.6. The number of amides is 11. The van der Waals surface area contributed by atoms with Crippen molar-refractivity contribution >= 4 is 124 Å². The van der Waals surface area contributed by atoms with Crippen molar-refractivity contribution in [3.05, 3.63) is 225 Å². The molecule has 2 atom stereocenters. The number of ketones is 2. The monoisotopic (exact) mass is 1660 g/mol. The third-order valence-electron chi connectivity index (χ3n) is 20.5. The van der Waals surface area contributed by atoms with Gasteiger partial charge in [0.2, 0.25) is 17.7 Å². The minimum absolute atomic E-state index is 0.00183. The number of nitrogens with one attached hydrogen (secondary N) is 3. The van der Waals surface area contributed by atoms with Gasteiger partial charge in [-0.2, -0.15) is 0 Å². The number of anilines is 2. The molecule has 6 heterocycles. The molecule has 11 amide bonds. The Kier molecular flexibility index (Phi) is 35.6. The number of nitrogens with zero attached hydrogens (tertiary/aromatic N) is 8. The number of imide groups is 3. The summed E-state index contributed by atoms with van der Waals surface area (Å²) in [7, 11) is 0. The fourth-order valence-electron chi connectivity index (χ4n) is 14.2. The van der Waals surface area contributed by atoms with Gasteiger partial charge in [-0.25, -0.2) is 9.79 Å². The van der Waals surface area contributed by atoms with Crippen LogP contribution in [0.3, 0.4) is 0 Å². The van der Waals surface area contributed by atoms with Crippen molar-refractivity contribution < 1.29 is 72.0 Å². The van der Waals surface area contributed by atoms with Gasteiger partial charge in [0.25, 0.3) is 47.3 Å². The van der Waals surface area contributed by atoms with Crippen LogP contribution in [0.5, 0.6) is 0 Å². The summed E-state index contributed by atoms with van der Waals surface area (Å²) >= 11 is 0. The molecule has 122 heavy (non-hydrogen) atoms. The number of rotatable bonds is 40. The van der Waals surface area contributed by atoms with Crippen LogP contribution in [0.15, 0.2) is 180 Å². The third kappa shape index (κ3) is 28.2. The molecule has 0 spiro atoms. The zero-order valence-corrected chi connectivity index (χ0v) is 69.6. The minimum Gasteiger partial charge on any atom is -0.402 e. The smallest absolute Gasteiger partial charge is 0.333 e. The van der Waals surface area contributed by atoms with E-state index in [4.69, 9.17) is 22.0 Å². The van der Waals surface area contributed by atoms with Gasteiger partial charge >= 0.3 is 5.97 Å². The molecule has 1 saturated heterocycles. The normalized spacial score (nSPS) is 14.4. The first kappa shape index (κ1) is 92.6. The average Bonchev–Trinajstić information content (AvgIpc) is 1.79. The number of carbonyl (C=O) groups excluding carboxylic acids is 14. The van der Waals surface area contributed by atoms with Crippen LogP contribution in [-0.2, 0) is 88.1 Å². The van der Waals surface area contributed by atoms with Crippen molar-refractivity contribution in [2.75, 3.05) is 49.9 Å². The largest absolute Gasteiger partial charge is 0.402 e. The second-order valence-corrected chi connectivity index (χ2v) is 30.3. The Labute approximate surface area is 710 Å². The van der Waals surface area contributed by atoms with Crippen LogP contribution in [0.4, 0.5) is 17.1 Å². The molecule has 4 aromatic carbocycles. The van der Waals surface area contributed by atoms with Crippen LogP contribution in [0, 0.1) is 0 Å². The molecule has 5 aliphatic rings. The molecule has 1 aliphatic carbocycles. The summed E-state index contributed by atoms with van der Waals surface area (Å²) in [5.74, 6) is -3.78. The van der Waals surface area contributed by atoms with Gasteiger partial charge in [-0.05, 0) is 165 Å². The van der Waals surface area contributed by atoms with E-state index in [1.807, 2.05) is 109 Å². The van der Waals surface area contributed by atoms with Crippen molar-refractivity contribution in [2.24, 2.45) is 22.2 Å². The molecule has 1 unspecified atom stereocenters. The number of nitrogens with two attached hydrogens (primary N) is 3. The molecule has 9 N–H and O–H groups in total. The number of aliphatic imine (C=N–C) groups is 1. The van der Waals surface area contributed by atoms with E-state index < -0.39 is 29.9 Å². The predicted molar refractivity (Wildman–Crippen MR) is 463 cm³/mol. The molecule has 0 saturated carbocycles. The highest BCUT2D eigenvalue weighted by Crippen LogP contribution is 2.31. The van der Waals surface area contributed by atoms with E-state index in [0.717, 1.165) is 64.0 Å². The molecule has 0 bridgehead atoms. The van der Waals surface area contributed by atoms with Crippen LogP contribution >= 0.6 is 0 Å². The van der Waals surface area contributed by atoms with Crippen LogP contribution in [0.25, 0.3) is 18.2 Å². The van der Waals surface area contributed by atoms with Gasteiger partial charge in [-0.3, -0.25) is 82.1 Å². The third-order valence-corrected chi connectivity index (χ3v) is 20.5. The van der Waals surface area contributed by atoms with E-state index in [0.29, 0.717) is 166 Å². The summed E-state index contributed by atoms with van der Waals surface area (Å²) in [6.07, 6.45) is 26.9. The number of allylic oxidation sites excluding steroid dienone is 1. The predicted octanol–water partition coefficient (Wildman–Crippen LogP) is 10.7. The lowest BCUT2D eigenvalue weighted by Crippen LogP contribution is -2.42. The van der Waals surface area contributed by atoms with Gasteiger partial charge < -0.3 is 47.8 Å². The number of hydroxylamine groups is 2. The van der Waals surface area contributed by atoms with Gasteiger partial charge in [0, 0.05) is 161 Å². The van der Waals surface area contributed by atoms with Gasteiger partial charge in [0.05, 0.1) is 41.5 Å². The number of unbranched alkanes of at least 4 members (excludes halogenated alkanes) is 4. The molecule has 11 rings (SSSR count). The van der Waals surface area contributed by atoms with Crippen molar-refractivity contribution in [1.29, 1.82) is 0 Å². The maximum absolute atomic E-state index is 13.6. The summed E-state index contributed by atoms with van der Waals surface area (Å²) in [6.45, 7) is 11.5. The summed E-state index contributed by atoms with van der Waals surface area (Å²) in [5, 5.41) is 9.24. The molecule has 29 nitrogen and oxygen atoms in total. The highest BCUT2D eigenvalue weighted by atomic mass is 16.7. The first-order chi connectivity index (χ1) is 58.8. The first-order valence-corrected chi connectivity index (χ1v) is 41.7. The molecular weight excluding hydrogens is 1550 g/mol. The van der Waals surface area contributed by atoms with Crippen molar-refractivity contribution in [3.8, 4) is 0 Å². The molecule has 1 fully saturated rings. The van der Waals surface area contributed by atoms with E-state index in [-0.39, 0.29) is 116 Å². The van der Waals surface area contributed by atoms with E-state index in [1.165, 1.54) is 35.4 Å². The second kappa shape index (κ2) is 46.9. The van der Waals surface area contributed by atoms with E-state index in [1.54, 1.807) is 61.1 Å². The van der Waals surface area contributed by atoms with E-state index >= 15 is 0 Å². The lowest BCUT2D eigenvalue weighted by atomic mass is 9.97. The Morgan fingerprint density at radius 2 is 0.951 bits per heavy atom. The van der Waals surface area contributed by atoms with Crippen molar-refractivity contribution in [2.45, 2.75) is 181 Å². The van der Waals surface area contributed by atoms with Crippen molar-refractivity contribution in [3.63, 3.8) is 0 Å². The highest BCUT2D eigenvalue weighted by molar-refractivity contribution is 6.14. The van der Waals surface area contributed by atoms with Crippen LogP contribution in [0.1, 0.15) is 203 Å². The van der Waals surface area contributed by atoms with Gasteiger partial charge in [-0.15, -0.1) is 5.06 Å². The topological polar surface area (TPSA) is 417 Å².